The molecule has 0 bridgehead atoms. The highest BCUT2D eigenvalue weighted by Gasteiger charge is 2.20. The summed E-state index contributed by atoms with van der Waals surface area (Å²) >= 11 is 0. The van der Waals surface area contributed by atoms with Gasteiger partial charge in [-0.2, -0.15) is 0 Å². The van der Waals surface area contributed by atoms with Crippen LogP contribution < -0.4 is 9.47 Å². The third-order valence-corrected chi connectivity index (χ3v) is 4.65. The predicted molar refractivity (Wildman–Crippen MR) is 113 cm³/mol. The van der Waals surface area contributed by atoms with E-state index in [1.54, 1.807) is 7.11 Å². The minimum atomic E-state index is 0. The van der Waals surface area contributed by atoms with Gasteiger partial charge in [-0.05, 0) is 24.3 Å². The molecule has 27 heavy (non-hydrogen) atoms. The van der Waals surface area contributed by atoms with Gasteiger partial charge in [0, 0.05) is 45.3 Å². The number of amidine groups is 1. The monoisotopic (exact) mass is 389 g/mol. The van der Waals surface area contributed by atoms with Crippen molar-refractivity contribution >= 4 is 18.2 Å². The van der Waals surface area contributed by atoms with E-state index in [9.17, 15) is 0 Å². The number of benzene rings is 2. The zero-order valence-electron chi connectivity index (χ0n) is 16.0. The number of aliphatic imine (C=N–C) groups is 1. The lowest BCUT2D eigenvalue weighted by molar-refractivity contribution is 0.154. The van der Waals surface area contributed by atoms with E-state index >= 15 is 0 Å². The predicted octanol–water partition coefficient (Wildman–Crippen LogP) is 3.19. The Hall–Kier alpha value is -2.24. The summed E-state index contributed by atoms with van der Waals surface area (Å²) in [5.41, 5.74) is 1.19. The van der Waals surface area contributed by atoms with Crippen molar-refractivity contribution in [1.82, 2.24) is 9.80 Å². The molecule has 1 fully saturated rings. The van der Waals surface area contributed by atoms with Crippen LogP contribution >= 0.6 is 12.4 Å². The number of methoxy groups -OCH3 is 1. The van der Waals surface area contributed by atoms with Crippen LogP contribution in [0.2, 0.25) is 0 Å². The van der Waals surface area contributed by atoms with Crippen molar-refractivity contribution in [3.8, 4) is 11.5 Å². The van der Waals surface area contributed by atoms with Crippen molar-refractivity contribution in [2.45, 2.75) is 0 Å². The summed E-state index contributed by atoms with van der Waals surface area (Å²) in [6, 6.07) is 18.1. The zero-order valence-corrected chi connectivity index (χ0v) is 16.8. The van der Waals surface area contributed by atoms with Crippen LogP contribution in [0.3, 0.4) is 0 Å². The Morgan fingerprint density at radius 3 is 2.15 bits per heavy atom. The van der Waals surface area contributed by atoms with Crippen LogP contribution in [-0.4, -0.2) is 69.1 Å². The Morgan fingerprint density at radius 2 is 1.56 bits per heavy atom. The second-order valence-electron chi connectivity index (χ2n) is 6.27. The van der Waals surface area contributed by atoms with Crippen molar-refractivity contribution in [3.63, 3.8) is 0 Å². The van der Waals surface area contributed by atoms with E-state index in [4.69, 9.17) is 9.47 Å². The molecule has 0 radical (unpaired) electrons. The Bertz CT molecular complexity index is 699. The lowest BCUT2D eigenvalue weighted by Crippen LogP contribution is -2.49. The van der Waals surface area contributed by atoms with Crippen molar-refractivity contribution in [2.75, 3.05) is 53.5 Å². The van der Waals surface area contributed by atoms with Gasteiger partial charge in [0.05, 0.1) is 7.11 Å². The normalized spacial score (nSPS) is 15.2. The van der Waals surface area contributed by atoms with Gasteiger partial charge in [0.25, 0.3) is 0 Å². The highest BCUT2D eigenvalue weighted by molar-refractivity contribution is 5.98. The molecule has 1 aliphatic heterocycles. The van der Waals surface area contributed by atoms with E-state index < -0.39 is 0 Å². The van der Waals surface area contributed by atoms with E-state index in [0.29, 0.717) is 6.61 Å². The lowest BCUT2D eigenvalue weighted by atomic mass is 10.1. The van der Waals surface area contributed by atoms with Crippen molar-refractivity contribution < 1.29 is 9.47 Å². The fourth-order valence-corrected chi connectivity index (χ4v) is 3.19. The number of piperazine rings is 1. The van der Waals surface area contributed by atoms with Crippen LogP contribution in [0, 0.1) is 0 Å². The Balaban J connectivity index is 0.00000261. The largest absolute Gasteiger partial charge is 0.497 e. The van der Waals surface area contributed by atoms with Crippen LogP contribution in [0.5, 0.6) is 11.5 Å². The Labute approximate surface area is 168 Å². The molecule has 1 aliphatic rings. The summed E-state index contributed by atoms with van der Waals surface area (Å²) in [6.45, 7) is 5.66. The molecule has 0 saturated carbocycles. The van der Waals surface area contributed by atoms with Crippen molar-refractivity contribution in [2.24, 2.45) is 4.99 Å². The summed E-state index contributed by atoms with van der Waals surface area (Å²) in [4.78, 5) is 9.33. The minimum Gasteiger partial charge on any atom is -0.497 e. The average Bonchev–Trinajstić information content (AvgIpc) is 2.71. The molecule has 1 heterocycles. The van der Waals surface area contributed by atoms with Gasteiger partial charge in [-0.3, -0.25) is 9.89 Å². The molecular weight excluding hydrogens is 362 g/mol. The van der Waals surface area contributed by atoms with Crippen LogP contribution in [0.25, 0.3) is 0 Å². The second kappa shape index (κ2) is 10.8. The maximum Gasteiger partial charge on any atom is 0.130 e. The quantitative estimate of drug-likeness (QED) is 0.561. The molecule has 0 unspecified atom stereocenters. The Morgan fingerprint density at radius 1 is 0.926 bits per heavy atom. The van der Waals surface area contributed by atoms with E-state index in [0.717, 1.165) is 50.1 Å². The molecule has 0 aromatic heterocycles. The van der Waals surface area contributed by atoms with Crippen LogP contribution in [-0.2, 0) is 0 Å². The standard InChI is InChI=1S/C21H27N3O2.ClH/c1-22-21(18-6-4-3-5-7-18)24-14-12-23(13-15-24)16-17-26-20-10-8-19(25-2)9-11-20;/h3-11H,12-17H2,1-2H3;1H. The molecule has 0 aliphatic carbocycles. The molecule has 0 atom stereocenters. The zero-order chi connectivity index (χ0) is 18.2. The van der Waals surface area contributed by atoms with E-state index in [-0.39, 0.29) is 12.4 Å². The van der Waals surface area contributed by atoms with Gasteiger partial charge in [-0.15, -0.1) is 12.4 Å². The van der Waals surface area contributed by atoms with Gasteiger partial charge in [0.15, 0.2) is 0 Å². The van der Waals surface area contributed by atoms with E-state index in [1.165, 1.54) is 5.56 Å². The summed E-state index contributed by atoms with van der Waals surface area (Å²) in [7, 11) is 3.54. The molecule has 146 valence electrons. The third kappa shape index (κ3) is 5.88. The first-order chi connectivity index (χ1) is 12.8. The van der Waals surface area contributed by atoms with Crippen LogP contribution in [0.1, 0.15) is 5.56 Å². The maximum atomic E-state index is 5.84. The van der Waals surface area contributed by atoms with Gasteiger partial charge in [0.1, 0.15) is 23.9 Å². The summed E-state index contributed by atoms with van der Waals surface area (Å²) in [6.07, 6.45) is 0. The smallest absolute Gasteiger partial charge is 0.130 e. The Kier molecular flexibility index (Phi) is 8.43. The van der Waals surface area contributed by atoms with E-state index in [2.05, 4.69) is 39.1 Å². The first-order valence-electron chi connectivity index (χ1n) is 9.06. The highest BCUT2D eigenvalue weighted by Crippen LogP contribution is 2.17. The minimum absolute atomic E-state index is 0. The second-order valence-corrected chi connectivity index (χ2v) is 6.27. The molecule has 1 saturated heterocycles. The van der Waals surface area contributed by atoms with Crippen molar-refractivity contribution in [3.05, 3.63) is 60.2 Å². The van der Waals surface area contributed by atoms with Crippen molar-refractivity contribution in [1.29, 1.82) is 0 Å². The van der Waals surface area contributed by atoms with Gasteiger partial charge >= 0.3 is 0 Å². The number of hydrogen-bond acceptors (Lipinski definition) is 4. The van der Waals surface area contributed by atoms with Gasteiger partial charge in [0.2, 0.25) is 0 Å². The molecule has 2 aromatic rings. The number of ether oxygens (including phenoxy) is 2. The van der Waals surface area contributed by atoms with E-state index in [1.807, 2.05) is 37.4 Å². The number of hydrogen-bond donors (Lipinski definition) is 0. The van der Waals surface area contributed by atoms with Crippen LogP contribution in [0.15, 0.2) is 59.6 Å². The van der Waals surface area contributed by atoms with Gasteiger partial charge < -0.3 is 14.4 Å². The average molecular weight is 390 g/mol. The van der Waals surface area contributed by atoms with Crippen LogP contribution in [0.4, 0.5) is 0 Å². The number of halogens is 1. The summed E-state index contributed by atoms with van der Waals surface area (Å²) in [5, 5.41) is 0. The third-order valence-electron chi connectivity index (χ3n) is 4.65. The number of nitrogens with zero attached hydrogens (tertiary/aromatic N) is 3. The fourth-order valence-electron chi connectivity index (χ4n) is 3.19. The molecule has 6 heteroatoms. The number of rotatable bonds is 6. The molecule has 5 nitrogen and oxygen atoms in total. The summed E-state index contributed by atoms with van der Waals surface area (Å²) in [5.74, 6) is 2.81. The summed E-state index contributed by atoms with van der Waals surface area (Å²) < 4.78 is 11.0. The molecule has 0 amide bonds. The first-order valence-corrected chi connectivity index (χ1v) is 9.06. The van der Waals surface area contributed by atoms with Gasteiger partial charge in [-0.1, -0.05) is 30.3 Å². The highest BCUT2D eigenvalue weighted by atomic mass is 35.5. The molecule has 3 rings (SSSR count). The maximum absolute atomic E-state index is 5.84. The molecule has 0 spiro atoms. The SMILES string of the molecule is CN=C(c1ccccc1)N1CCN(CCOc2ccc(OC)cc2)CC1.Cl. The fraction of sp³-hybridized carbons (Fsp3) is 0.381. The molecular formula is C21H28ClN3O2. The molecule has 0 N–H and O–H groups in total. The lowest BCUT2D eigenvalue weighted by Gasteiger charge is -2.36. The molecule has 2 aromatic carbocycles. The van der Waals surface area contributed by atoms with Gasteiger partial charge in [-0.25, -0.2) is 0 Å². The first kappa shape index (κ1) is 21.1. The topological polar surface area (TPSA) is 37.3 Å².